The smallest absolute Gasteiger partial charge is 0.153 e. The lowest BCUT2D eigenvalue weighted by Crippen LogP contribution is -2.42. The van der Waals surface area contributed by atoms with Crippen molar-refractivity contribution in [2.45, 2.75) is 58.0 Å². The molecule has 0 aromatic carbocycles. The summed E-state index contributed by atoms with van der Waals surface area (Å²) in [6, 6.07) is 0.379. The van der Waals surface area contributed by atoms with E-state index in [0.29, 0.717) is 6.04 Å². The van der Waals surface area contributed by atoms with Crippen LogP contribution in [0.2, 0.25) is 0 Å². The molecule has 0 atom stereocenters. The van der Waals surface area contributed by atoms with Gasteiger partial charge in [-0.05, 0) is 45.4 Å². The third-order valence-corrected chi connectivity index (χ3v) is 3.74. The summed E-state index contributed by atoms with van der Waals surface area (Å²) in [6.07, 6.45) is 6.24. The van der Waals surface area contributed by atoms with Gasteiger partial charge in [0.05, 0.1) is 5.54 Å². The molecule has 4 nitrogen and oxygen atoms in total. The molecule has 16 heavy (non-hydrogen) atoms. The van der Waals surface area contributed by atoms with Crippen molar-refractivity contribution in [2.75, 3.05) is 0 Å². The number of aromatic nitrogens is 3. The van der Waals surface area contributed by atoms with Gasteiger partial charge in [0.2, 0.25) is 0 Å². The standard InChI is InChI=1S/C12H22N4/c1-9(2)16-8-14-15-11(16)12(13)6-4-10(3)5-7-12/h8-10H,4-7,13H2,1-3H3. The van der Waals surface area contributed by atoms with Crippen LogP contribution >= 0.6 is 0 Å². The molecule has 1 aromatic heterocycles. The first-order chi connectivity index (χ1) is 7.53. The highest BCUT2D eigenvalue weighted by Gasteiger charge is 2.36. The summed E-state index contributed by atoms with van der Waals surface area (Å²) < 4.78 is 2.11. The molecule has 2 N–H and O–H groups in total. The Morgan fingerprint density at radius 2 is 2.06 bits per heavy atom. The van der Waals surface area contributed by atoms with Crippen LogP contribution in [-0.2, 0) is 5.54 Å². The highest BCUT2D eigenvalue weighted by Crippen LogP contribution is 2.36. The molecular weight excluding hydrogens is 200 g/mol. The molecule has 1 aliphatic carbocycles. The Kier molecular flexibility index (Phi) is 3.02. The van der Waals surface area contributed by atoms with Crippen LogP contribution in [0, 0.1) is 5.92 Å². The summed E-state index contributed by atoms with van der Waals surface area (Å²) in [7, 11) is 0. The third kappa shape index (κ3) is 1.98. The fourth-order valence-corrected chi connectivity index (χ4v) is 2.48. The normalized spacial score (nSPS) is 30.9. The highest BCUT2D eigenvalue weighted by molar-refractivity contribution is 5.07. The van der Waals surface area contributed by atoms with Gasteiger partial charge in [-0.1, -0.05) is 6.92 Å². The zero-order valence-corrected chi connectivity index (χ0v) is 10.5. The fourth-order valence-electron chi connectivity index (χ4n) is 2.48. The van der Waals surface area contributed by atoms with Crippen LogP contribution in [0.4, 0.5) is 0 Å². The maximum atomic E-state index is 6.50. The van der Waals surface area contributed by atoms with E-state index in [9.17, 15) is 0 Å². The zero-order chi connectivity index (χ0) is 11.8. The monoisotopic (exact) mass is 222 g/mol. The minimum absolute atomic E-state index is 0.257. The molecule has 0 saturated heterocycles. The first-order valence-electron chi connectivity index (χ1n) is 6.22. The van der Waals surface area contributed by atoms with Crippen molar-refractivity contribution in [1.82, 2.24) is 14.8 Å². The van der Waals surface area contributed by atoms with Crippen molar-refractivity contribution >= 4 is 0 Å². The molecule has 1 aromatic rings. The van der Waals surface area contributed by atoms with Crippen molar-refractivity contribution in [3.63, 3.8) is 0 Å². The second-order valence-corrected chi connectivity index (χ2v) is 5.49. The van der Waals surface area contributed by atoms with E-state index in [0.717, 1.165) is 24.6 Å². The van der Waals surface area contributed by atoms with E-state index in [4.69, 9.17) is 5.73 Å². The van der Waals surface area contributed by atoms with Crippen LogP contribution in [0.5, 0.6) is 0 Å². The number of rotatable bonds is 2. The maximum Gasteiger partial charge on any atom is 0.153 e. The second kappa shape index (κ2) is 4.17. The zero-order valence-electron chi connectivity index (χ0n) is 10.5. The van der Waals surface area contributed by atoms with Gasteiger partial charge >= 0.3 is 0 Å². The molecule has 2 rings (SSSR count). The van der Waals surface area contributed by atoms with Crippen molar-refractivity contribution in [2.24, 2.45) is 11.7 Å². The predicted molar refractivity (Wildman–Crippen MR) is 63.9 cm³/mol. The highest BCUT2D eigenvalue weighted by atomic mass is 15.3. The topological polar surface area (TPSA) is 56.7 Å². The predicted octanol–water partition coefficient (Wildman–Crippen LogP) is 2.22. The summed E-state index contributed by atoms with van der Waals surface area (Å²) in [5.74, 6) is 1.77. The van der Waals surface area contributed by atoms with Crippen molar-refractivity contribution in [3.05, 3.63) is 12.2 Å². The van der Waals surface area contributed by atoms with Gasteiger partial charge in [0.1, 0.15) is 6.33 Å². The van der Waals surface area contributed by atoms with Crippen molar-refractivity contribution in [3.8, 4) is 0 Å². The lowest BCUT2D eigenvalue weighted by atomic mass is 9.77. The van der Waals surface area contributed by atoms with Crippen molar-refractivity contribution < 1.29 is 0 Å². The average Bonchev–Trinajstić information content (AvgIpc) is 2.72. The minimum Gasteiger partial charge on any atom is -0.319 e. The lowest BCUT2D eigenvalue weighted by molar-refractivity contribution is 0.228. The van der Waals surface area contributed by atoms with Crippen LogP contribution in [0.25, 0.3) is 0 Å². The quantitative estimate of drug-likeness (QED) is 0.834. The Labute approximate surface area is 97.2 Å². The first kappa shape index (κ1) is 11.6. The van der Waals surface area contributed by atoms with Gasteiger partial charge in [0, 0.05) is 6.04 Å². The lowest BCUT2D eigenvalue weighted by Gasteiger charge is -2.35. The van der Waals surface area contributed by atoms with E-state index in [2.05, 4.69) is 35.5 Å². The fraction of sp³-hybridized carbons (Fsp3) is 0.833. The van der Waals surface area contributed by atoms with Gasteiger partial charge in [-0.2, -0.15) is 0 Å². The number of hydrogen-bond acceptors (Lipinski definition) is 3. The van der Waals surface area contributed by atoms with Gasteiger partial charge < -0.3 is 10.3 Å². The molecule has 0 aliphatic heterocycles. The Bertz CT molecular complexity index is 348. The average molecular weight is 222 g/mol. The molecule has 0 bridgehead atoms. The Balaban J connectivity index is 2.25. The van der Waals surface area contributed by atoms with E-state index in [1.54, 1.807) is 6.33 Å². The largest absolute Gasteiger partial charge is 0.319 e. The Hall–Kier alpha value is -0.900. The SMILES string of the molecule is CC1CCC(N)(c2nncn2C(C)C)CC1. The molecule has 0 amide bonds. The molecule has 1 aliphatic rings. The van der Waals surface area contributed by atoms with Gasteiger partial charge in [-0.3, -0.25) is 0 Å². The molecule has 0 spiro atoms. The molecule has 90 valence electrons. The molecule has 1 heterocycles. The number of nitrogens with two attached hydrogens (primary N) is 1. The Morgan fingerprint density at radius 3 is 2.62 bits per heavy atom. The van der Waals surface area contributed by atoms with E-state index in [-0.39, 0.29) is 5.54 Å². The number of hydrogen-bond donors (Lipinski definition) is 1. The molecule has 0 radical (unpaired) electrons. The summed E-state index contributed by atoms with van der Waals surface area (Å²) >= 11 is 0. The van der Waals surface area contributed by atoms with Crippen molar-refractivity contribution in [1.29, 1.82) is 0 Å². The summed E-state index contributed by atoms with van der Waals surface area (Å²) in [6.45, 7) is 6.58. The molecular formula is C12H22N4. The Morgan fingerprint density at radius 1 is 1.44 bits per heavy atom. The second-order valence-electron chi connectivity index (χ2n) is 5.49. The van der Waals surface area contributed by atoms with Crippen LogP contribution in [0.15, 0.2) is 6.33 Å². The van der Waals surface area contributed by atoms with Gasteiger partial charge in [-0.25, -0.2) is 0 Å². The van der Waals surface area contributed by atoms with E-state index < -0.39 is 0 Å². The van der Waals surface area contributed by atoms with E-state index in [1.165, 1.54) is 12.8 Å². The minimum atomic E-state index is -0.257. The summed E-state index contributed by atoms with van der Waals surface area (Å²) in [5, 5.41) is 8.26. The molecule has 0 unspecified atom stereocenters. The first-order valence-corrected chi connectivity index (χ1v) is 6.22. The number of nitrogens with zero attached hydrogens (tertiary/aromatic N) is 3. The van der Waals surface area contributed by atoms with Crippen LogP contribution < -0.4 is 5.73 Å². The van der Waals surface area contributed by atoms with E-state index in [1.807, 2.05) is 0 Å². The van der Waals surface area contributed by atoms with Gasteiger partial charge in [0.25, 0.3) is 0 Å². The molecule has 4 heteroatoms. The van der Waals surface area contributed by atoms with Crippen LogP contribution in [0.1, 0.15) is 58.3 Å². The molecule has 1 fully saturated rings. The van der Waals surface area contributed by atoms with Gasteiger partial charge in [-0.15, -0.1) is 10.2 Å². The molecule has 1 saturated carbocycles. The van der Waals surface area contributed by atoms with Gasteiger partial charge in [0.15, 0.2) is 5.82 Å². The summed E-state index contributed by atoms with van der Waals surface area (Å²) in [5.41, 5.74) is 6.25. The summed E-state index contributed by atoms with van der Waals surface area (Å²) in [4.78, 5) is 0. The maximum absolute atomic E-state index is 6.50. The van der Waals surface area contributed by atoms with Crippen LogP contribution in [-0.4, -0.2) is 14.8 Å². The third-order valence-electron chi connectivity index (χ3n) is 3.74. The van der Waals surface area contributed by atoms with Crippen LogP contribution in [0.3, 0.4) is 0 Å². The van der Waals surface area contributed by atoms with E-state index >= 15 is 0 Å².